The number of likely N-dealkylation sites (tertiary alicyclic amines) is 1. The van der Waals surface area contributed by atoms with E-state index < -0.39 is 17.5 Å². The van der Waals surface area contributed by atoms with Crippen molar-refractivity contribution in [3.8, 4) is 5.75 Å². The molecule has 2 N–H and O–H groups in total. The fraction of sp³-hybridized carbons (Fsp3) is 0.323. The number of aryl methyl sites for hydroxylation is 2. The van der Waals surface area contributed by atoms with Gasteiger partial charge in [0.05, 0.1) is 0 Å². The number of Topliss-reactive ketones (excluding diaryl/α,β-unsaturated/α-hetero) is 1. The molecule has 3 aromatic carbocycles. The standard InChI is InChI=1S/C31H33ClN2O5S/c1-18-14-21(15-19(2)28(18)39-31(3,4)29(36)37)25-16-34(30(38)33-23-10-8-22(32)9-11-23)17-26(25)27(35)20-6-12-24(40-5)13-7-20/h6-15,25-26H,16-17H2,1-5H3,(H,33,38)(H,36,37)/t25-,26?/m1/s1. The summed E-state index contributed by atoms with van der Waals surface area (Å²) < 4.78 is 5.89. The number of ketones is 1. The number of ether oxygens (including phenoxy) is 1. The maximum atomic E-state index is 13.8. The number of urea groups is 1. The van der Waals surface area contributed by atoms with Gasteiger partial charge in [-0.1, -0.05) is 35.9 Å². The number of carbonyl (C=O) groups is 3. The quantitative estimate of drug-likeness (QED) is 0.219. The fourth-order valence-electron chi connectivity index (χ4n) is 4.94. The number of halogens is 1. The van der Waals surface area contributed by atoms with Crippen LogP contribution in [0.25, 0.3) is 0 Å². The molecule has 0 aromatic heterocycles. The van der Waals surface area contributed by atoms with E-state index in [2.05, 4.69) is 5.32 Å². The second-order valence-corrected chi connectivity index (χ2v) is 11.9. The van der Waals surface area contributed by atoms with Gasteiger partial charge >= 0.3 is 12.0 Å². The predicted molar refractivity (Wildman–Crippen MR) is 159 cm³/mol. The highest BCUT2D eigenvalue weighted by atomic mass is 35.5. The average molecular weight is 581 g/mol. The molecule has 0 spiro atoms. The van der Waals surface area contributed by atoms with Gasteiger partial charge in [0.1, 0.15) is 5.75 Å². The van der Waals surface area contributed by atoms with Crippen LogP contribution in [-0.4, -0.2) is 52.7 Å². The molecular weight excluding hydrogens is 548 g/mol. The third-order valence-electron chi connectivity index (χ3n) is 7.20. The number of carboxylic acids is 1. The Morgan fingerprint density at radius 2 is 1.60 bits per heavy atom. The molecule has 0 radical (unpaired) electrons. The molecule has 210 valence electrons. The molecular formula is C31H33ClN2O5S. The lowest BCUT2D eigenvalue weighted by Gasteiger charge is -2.26. The van der Waals surface area contributed by atoms with Crippen molar-refractivity contribution in [2.24, 2.45) is 5.92 Å². The molecule has 1 aliphatic rings. The molecule has 0 saturated carbocycles. The molecule has 2 amide bonds. The van der Waals surface area contributed by atoms with Crippen LogP contribution in [0.3, 0.4) is 0 Å². The SMILES string of the molecule is CSc1ccc(C(=O)C2CN(C(=O)Nc3ccc(Cl)cc3)C[C@@H]2c2cc(C)c(OC(C)(C)C(=O)O)c(C)c2)cc1. The Morgan fingerprint density at radius 1 is 1.00 bits per heavy atom. The van der Waals surface area contributed by atoms with E-state index in [-0.39, 0.29) is 24.3 Å². The highest BCUT2D eigenvalue weighted by molar-refractivity contribution is 7.98. The van der Waals surface area contributed by atoms with E-state index in [1.54, 1.807) is 40.9 Å². The third-order valence-corrected chi connectivity index (χ3v) is 8.19. The van der Waals surface area contributed by atoms with Crippen molar-refractivity contribution in [3.63, 3.8) is 0 Å². The van der Waals surface area contributed by atoms with Crippen LogP contribution in [0.5, 0.6) is 5.75 Å². The van der Waals surface area contributed by atoms with Crippen LogP contribution in [0.1, 0.15) is 46.8 Å². The van der Waals surface area contributed by atoms with E-state index in [0.717, 1.165) is 21.6 Å². The van der Waals surface area contributed by atoms with Crippen LogP contribution < -0.4 is 10.1 Å². The second-order valence-electron chi connectivity index (χ2n) is 10.5. The van der Waals surface area contributed by atoms with Crippen LogP contribution in [0.15, 0.2) is 65.6 Å². The van der Waals surface area contributed by atoms with Gasteiger partial charge in [0.2, 0.25) is 0 Å². The fourth-order valence-corrected chi connectivity index (χ4v) is 5.47. The highest BCUT2D eigenvalue weighted by Gasteiger charge is 2.41. The number of hydrogen-bond donors (Lipinski definition) is 2. The minimum Gasteiger partial charge on any atom is -0.478 e. The predicted octanol–water partition coefficient (Wildman–Crippen LogP) is 7.05. The molecule has 40 heavy (non-hydrogen) atoms. The minimum atomic E-state index is -1.40. The first kappa shape index (κ1) is 29.5. The molecule has 0 aliphatic carbocycles. The number of thioether (sulfide) groups is 1. The Bertz CT molecular complexity index is 1400. The maximum absolute atomic E-state index is 13.8. The Kier molecular flexibility index (Phi) is 8.80. The zero-order chi connectivity index (χ0) is 29.2. The molecule has 0 bridgehead atoms. The first-order valence-corrected chi connectivity index (χ1v) is 14.5. The molecule has 2 atom stereocenters. The Morgan fingerprint density at radius 3 is 2.15 bits per heavy atom. The van der Waals surface area contributed by atoms with Gasteiger partial charge in [0.15, 0.2) is 11.4 Å². The summed E-state index contributed by atoms with van der Waals surface area (Å²) in [5.74, 6) is -1.31. The molecule has 4 rings (SSSR count). The zero-order valence-corrected chi connectivity index (χ0v) is 24.7. The summed E-state index contributed by atoms with van der Waals surface area (Å²) in [5, 5.41) is 13.0. The van der Waals surface area contributed by atoms with Crippen LogP contribution >= 0.6 is 23.4 Å². The van der Waals surface area contributed by atoms with Crippen molar-refractivity contribution in [1.29, 1.82) is 0 Å². The van der Waals surface area contributed by atoms with Gasteiger partial charge in [-0.15, -0.1) is 11.8 Å². The van der Waals surface area contributed by atoms with E-state index in [4.69, 9.17) is 16.3 Å². The monoisotopic (exact) mass is 580 g/mol. The van der Waals surface area contributed by atoms with E-state index in [1.165, 1.54) is 13.8 Å². The second kappa shape index (κ2) is 11.9. The van der Waals surface area contributed by atoms with Crippen LogP contribution in [0, 0.1) is 19.8 Å². The van der Waals surface area contributed by atoms with Crippen LogP contribution in [0.4, 0.5) is 10.5 Å². The van der Waals surface area contributed by atoms with Gasteiger partial charge in [0.25, 0.3) is 0 Å². The highest BCUT2D eigenvalue weighted by Crippen LogP contribution is 2.39. The summed E-state index contributed by atoms with van der Waals surface area (Å²) >= 11 is 7.59. The molecule has 3 aromatic rings. The van der Waals surface area contributed by atoms with Crippen LogP contribution in [-0.2, 0) is 4.79 Å². The number of rotatable bonds is 8. The van der Waals surface area contributed by atoms with E-state index in [9.17, 15) is 19.5 Å². The first-order chi connectivity index (χ1) is 18.9. The normalized spacial score (nSPS) is 17.0. The molecule has 1 saturated heterocycles. The van der Waals surface area contributed by atoms with Gasteiger partial charge in [-0.25, -0.2) is 9.59 Å². The van der Waals surface area contributed by atoms with E-state index in [1.807, 2.05) is 56.5 Å². The van der Waals surface area contributed by atoms with Gasteiger partial charge in [0, 0.05) is 46.1 Å². The van der Waals surface area contributed by atoms with Crippen LogP contribution in [0.2, 0.25) is 5.02 Å². The number of carboxylic acid groups (broad SMARTS) is 1. The molecule has 1 unspecified atom stereocenters. The Balaban J connectivity index is 1.66. The minimum absolute atomic E-state index is 0.0258. The third kappa shape index (κ3) is 6.45. The van der Waals surface area contributed by atoms with E-state index in [0.29, 0.717) is 28.6 Å². The van der Waals surface area contributed by atoms with Gasteiger partial charge in [-0.2, -0.15) is 0 Å². The van der Waals surface area contributed by atoms with Crippen molar-refractivity contribution >= 4 is 46.8 Å². The summed E-state index contributed by atoms with van der Waals surface area (Å²) in [5.41, 5.74) is 2.25. The van der Waals surface area contributed by atoms with Gasteiger partial charge in [-0.3, -0.25) is 4.79 Å². The molecule has 1 heterocycles. The number of carbonyl (C=O) groups excluding carboxylic acids is 2. The summed E-state index contributed by atoms with van der Waals surface area (Å²) in [4.78, 5) is 41.5. The number of anilines is 1. The lowest BCUT2D eigenvalue weighted by Crippen LogP contribution is -2.38. The lowest BCUT2D eigenvalue weighted by molar-refractivity contribution is -0.152. The van der Waals surface area contributed by atoms with Gasteiger partial charge in [-0.05, 0) is 87.0 Å². The number of aliphatic carboxylic acids is 1. The topological polar surface area (TPSA) is 95.9 Å². The summed E-state index contributed by atoms with van der Waals surface area (Å²) in [7, 11) is 0. The van der Waals surface area contributed by atoms with Crippen molar-refractivity contribution in [1.82, 2.24) is 4.90 Å². The Hall–Kier alpha value is -3.49. The summed E-state index contributed by atoms with van der Waals surface area (Å²) in [6, 6.07) is 18.0. The largest absolute Gasteiger partial charge is 0.478 e. The van der Waals surface area contributed by atoms with Crippen molar-refractivity contribution in [2.75, 3.05) is 24.7 Å². The average Bonchev–Trinajstić information content (AvgIpc) is 3.37. The molecule has 9 heteroatoms. The number of nitrogens with one attached hydrogen (secondary N) is 1. The van der Waals surface area contributed by atoms with Crippen molar-refractivity contribution in [2.45, 2.75) is 44.1 Å². The molecule has 7 nitrogen and oxygen atoms in total. The first-order valence-electron chi connectivity index (χ1n) is 12.9. The molecule has 1 aliphatic heterocycles. The summed E-state index contributed by atoms with van der Waals surface area (Å²) in [6.45, 7) is 7.35. The zero-order valence-electron chi connectivity index (χ0n) is 23.2. The lowest BCUT2D eigenvalue weighted by atomic mass is 9.82. The number of amides is 2. The number of hydrogen-bond acceptors (Lipinski definition) is 5. The smallest absolute Gasteiger partial charge is 0.347 e. The molecule has 1 fully saturated rings. The Labute approximate surface area is 243 Å². The summed E-state index contributed by atoms with van der Waals surface area (Å²) in [6.07, 6.45) is 1.98. The maximum Gasteiger partial charge on any atom is 0.347 e. The van der Waals surface area contributed by atoms with Crippen molar-refractivity contribution < 1.29 is 24.2 Å². The van der Waals surface area contributed by atoms with Crippen molar-refractivity contribution in [3.05, 3.63) is 87.9 Å². The number of nitrogens with zero attached hydrogens (tertiary/aromatic N) is 1. The number of benzene rings is 3. The van der Waals surface area contributed by atoms with E-state index >= 15 is 0 Å². The van der Waals surface area contributed by atoms with Gasteiger partial charge < -0.3 is 20.1 Å².